The molecule has 19 heavy (non-hydrogen) atoms. The molecule has 2 amide bonds. The summed E-state index contributed by atoms with van der Waals surface area (Å²) in [6, 6.07) is -0.0782. The number of nitrogens with two attached hydrogens (primary N) is 1. The molecule has 0 unspecified atom stereocenters. The summed E-state index contributed by atoms with van der Waals surface area (Å²) in [5, 5.41) is 3.25. The lowest BCUT2D eigenvalue weighted by atomic mass is 10.1. The molecule has 104 valence electrons. The van der Waals surface area contributed by atoms with Crippen molar-refractivity contribution in [3.05, 3.63) is 29.1 Å². The minimum atomic E-state index is -4.70. The highest BCUT2D eigenvalue weighted by molar-refractivity contribution is 5.85. The second-order valence-corrected chi connectivity index (χ2v) is 3.31. The quantitative estimate of drug-likeness (QED) is 0.503. The molecular weight excluding hydrogens is 270 g/mol. The monoisotopic (exact) mass is 279 g/mol. The average Bonchev–Trinajstić information content (AvgIpc) is 2.28. The Kier molecular flexibility index (Phi) is 4.30. The van der Waals surface area contributed by atoms with E-state index in [4.69, 9.17) is 5.73 Å². The Labute approximate surface area is 105 Å². The zero-order valence-electron chi connectivity index (χ0n) is 9.58. The smallest absolute Gasteiger partial charge is 0.416 e. The first-order valence-electron chi connectivity index (χ1n) is 4.79. The molecule has 0 aliphatic heterocycles. The van der Waals surface area contributed by atoms with Crippen molar-refractivity contribution < 1.29 is 27.1 Å². The molecule has 1 aromatic rings. The second-order valence-electron chi connectivity index (χ2n) is 3.31. The molecule has 0 aromatic heterocycles. The lowest BCUT2D eigenvalue weighted by Gasteiger charge is -2.11. The van der Waals surface area contributed by atoms with Gasteiger partial charge in [-0.05, 0) is 12.1 Å². The van der Waals surface area contributed by atoms with Crippen molar-refractivity contribution in [3.63, 3.8) is 0 Å². The van der Waals surface area contributed by atoms with Crippen LogP contribution in [0.4, 0.5) is 22.4 Å². The molecule has 1 aromatic carbocycles. The van der Waals surface area contributed by atoms with Gasteiger partial charge in [-0.3, -0.25) is 0 Å². The summed E-state index contributed by atoms with van der Waals surface area (Å²) >= 11 is 0. The van der Waals surface area contributed by atoms with Gasteiger partial charge in [0.1, 0.15) is 11.6 Å². The number of alkyl halides is 3. The van der Waals surface area contributed by atoms with Gasteiger partial charge >= 0.3 is 12.2 Å². The molecule has 3 N–H and O–H groups in total. The van der Waals surface area contributed by atoms with Crippen LogP contribution >= 0.6 is 0 Å². The molecule has 0 heterocycles. The molecule has 0 spiro atoms. The van der Waals surface area contributed by atoms with Gasteiger partial charge < -0.3 is 10.5 Å². The predicted molar refractivity (Wildman–Crippen MR) is 58.3 cm³/mol. The van der Waals surface area contributed by atoms with Gasteiger partial charge in [0.05, 0.1) is 24.5 Å². The summed E-state index contributed by atoms with van der Waals surface area (Å²) in [5.41, 5.74) is 4.95. The van der Waals surface area contributed by atoms with Crippen LogP contribution in [0.2, 0.25) is 0 Å². The van der Waals surface area contributed by atoms with Crippen molar-refractivity contribution in [3.8, 4) is 5.75 Å². The summed E-state index contributed by atoms with van der Waals surface area (Å²) in [6.07, 6.45) is -3.91. The number of hydrogen-bond acceptors (Lipinski definition) is 3. The fourth-order valence-corrected chi connectivity index (χ4v) is 1.21. The number of urea groups is 1. The first-order chi connectivity index (χ1) is 8.75. The number of hydrazone groups is 1. The average molecular weight is 279 g/mol. The number of nitrogens with one attached hydrogen (secondary N) is 1. The first kappa shape index (κ1) is 14.7. The van der Waals surface area contributed by atoms with E-state index in [2.05, 4.69) is 9.84 Å². The minimum absolute atomic E-state index is 0.300. The lowest BCUT2D eigenvalue weighted by molar-refractivity contribution is -0.137. The van der Waals surface area contributed by atoms with E-state index in [1.54, 1.807) is 5.43 Å². The Morgan fingerprint density at radius 2 is 2.11 bits per heavy atom. The topological polar surface area (TPSA) is 76.7 Å². The van der Waals surface area contributed by atoms with Crippen molar-refractivity contribution in [2.75, 3.05) is 7.11 Å². The van der Waals surface area contributed by atoms with Gasteiger partial charge in [-0.25, -0.2) is 14.6 Å². The Hall–Kier alpha value is -2.32. The van der Waals surface area contributed by atoms with E-state index in [0.717, 1.165) is 13.3 Å². The maximum absolute atomic E-state index is 13.5. The van der Waals surface area contributed by atoms with E-state index >= 15 is 0 Å². The third-order valence-electron chi connectivity index (χ3n) is 2.01. The normalized spacial score (nSPS) is 11.6. The van der Waals surface area contributed by atoms with E-state index in [1.807, 2.05) is 0 Å². The van der Waals surface area contributed by atoms with Gasteiger partial charge in [0.25, 0.3) is 0 Å². The van der Waals surface area contributed by atoms with Gasteiger partial charge in [-0.15, -0.1) is 0 Å². The highest BCUT2D eigenvalue weighted by Crippen LogP contribution is 2.34. The number of carbonyl (C=O) groups is 1. The number of ether oxygens (including phenoxy) is 1. The lowest BCUT2D eigenvalue weighted by Crippen LogP contribution is -2.24. The molecule has 5 nitrogen and oxygen atoms in total. The number of methoxy groups -OCH3 is 1. The molecule has 0 radical (unpaired) electrons. The van der Waals surface area contributed by atoms with Crippen LogP contribution in [-0.2, 0) is 6.18 Å². The summed E-state index contributed by atoms with van der Waals surface area (Å²) < 4.78 is 55.5. The highest BCUT2D eigenvalue weighted by atomic mass is 19.4. The Morgan fingerprint density at radius 1 is 1.47 bits per heavy atom. The summed E-state index contributed by atoms with van der Waals surface area (Å²) in [5.74, 6) is -1.57. The number of rotatable bonds is 3. The Morgan fingerprint density at radius 3 is 2.58 bits per heavy atom. The molecule has 1 rings (SSSR count). The Bertz CT molecular complexity index is 514. The molecule has 0 fully saturated rings. The highest BCUT2D eigenvalue weighted by Gasteiger charge is 2.32. The van der Waals surface area contributed by atoms with E-state index in [1.165, 1.54) is 0 Å². The number of halogens is 4. The summed E-state index contributed by atoms with van der Waals surface area (Å²) in [6.45, 7) is 0. The molecule has 0 saturated heterocycles. The van der Waals surface area contributed by atoms with Crippen LogP contribution in [0.5, 0.6) is 5.75 Å². The van der Waals surface area contributed by atoms with Crippen LogP contribution in [0.1, 0.15) is 11.1 Å². The fraction of sp³-hybridized carbons (Fsp3) is 0.200. The number of primary amides is 1. The van der Waals surface area contributed by atoms with Crippen LogP contribution in [0, 0.1) is 5.82 Å². The maximum Gasteiger partial charge on any atom is 0.416 e. The number of benzene rings is 1. The van der Waals surface area contributed by atoms with Gasteiger partial charge in [0.15, 0.2) is 0 Å². The third kappa shape index (κ3) is 3.83. The van der Waals surface area contributed by atoms with E-state index in [0.29, 0.717) is 12.1 Å². The van der Waals surface area contributed by atoms with Gasteiger partial charge in [-0.2, -0.15) is 18.3 Å². The maximum atomic E-state index is 13.5. The number of carbonyl (C=O) groups excluding carboxylic acids is 1. The molecule has 9 heteroatoms. The first-order valence-corrected chi connectivity index (χ1v) is 4.79. The Balaban J connectivity index is 3.19. The third-order valence-corrected chi connectivity index (χ3v) is 2.01. The zero-order chi connectivity index (χ0) is 14.6. The van der Waals surface area contributed by atoms with Crippen molar-refractivity contribution in [1.82, 2.24) is 5.43 Å². The van der Waals surface area contributed by atoms with Crippen molar-refractivity contribution >= 4 is 12.2 Å². The van der Waals surface area contributed by atoms with Crippen LogP contribution in [0.15, 0.2) is 17.2 Å². The van der Waals surface area contributed by atoms with E-state index in [9.17, 15) is 22.4 Å². The van der Waals surface area contributed by atoms with Crippen LogP contribution in [0.3, 0.4) is 0 Å². The predicted octanol–water partition coefficient (Wildman–Crippen LogP) is 1.86. The second kappa shape index (κ2) is 5.55. The summed E-state index contributed by atoms with van der Waals surface area (Å²) in [4.78, 5) is 10.3. The van der Waals surface area contributed by atoms with Crippen LogP contribution in [0.25, 0.3) is 0 Å². The summed E-state index contributed by atoms with van der Waals surface area (Å²) in [7, 11) is 1.08. The largest absolute Gasteiger partial charge is 0.496 e. The molecule has 0 aliphatic rings. The standard InChI is InChI=1S/C10H9F4N3O2/c1-19-8-3-5(10(12,13)14)2-7(11)6(8)4-16-17-9(15)18/h2-4H,1H3,(H3,15,17,18). The minimum Gasteiger partial charge on any atom is -0.496 e. The van der Waals surface area contributed by atoms with E-state index < -0.39 is 23.6 Å². The fourth-order valence-electron chi connectivity index (χ4n) is 1.21. The number of hydrogen-bond donors (Lipinski definition) is 2. The van der Waals surface area contributed by atoms with Crippen LogP contribution < -0.4 is 15.9 Å². The molecule has 0 atom stereocenters. The van der Waals surface area contributed by atoms with Gasteiger partial charge in [0, 0.05) is 0 Å². The van der Waals surface area contributed by atoms with Crippen molar-refractivity contribution in [1.29, 1.82) is 0 Å². The van der Waals surface area contributed by atoms with Gasteiger partial charge in [0.2, 0.25) is 0 Å². The zero-order valence-corrected chi connectivity index (χ0v) is 9.58. The molecule has 0 bridgehead atoms. The number of nitrogens with zero attached hydrogens (tertiary/aromatic N) is 1. The molecule has 0 saturated carbocycles. The SMILES string of the molecule is COc1cc(C(F)(F)F)cc(F)c1C=NNC(N)=O. The van der Waals surface area contributed by atoms with E-state index in [-0.39, 0.29) is 11.3 Å². The van der Waals surface area contributed by atoms with Crippen molar-refractivity contribution in [2.45, 2.75) is 6.18 Å². The van der Waals surface area contributed by atoms with Gasteiger partial charge in [-0.1, -0.05) is 0 Å². The van der Waals surface area contributed by atoms with Crippen molar-refractivity contribution in [2.24, 2.45) is 10.8 Å². The van der Waals surface area contributed by atoms with Crippen LogP contribution in [-0.4, -0.2) is 19.4 Å². The number of amides is 2. The molecule has 0 aliphatic carbocycles. The molecular formula is C10H9F4N3O2.